The Labute approximate surface area is 160 Å². The van der Waals surface area contributed by atoms with E-state index in [-0.39, 0.29) is 29.4 Å². The van der Waals surface area contributed by atoms with E-state index in [1.807, 2.05) is 0 Å². The fraction of sp³-hybridized carbons (Fsp3) is 0.100. The molecule has 28 heavy (non-hydrogen) atoms. The number of nitrogens with one attached hydrogen (secondary N) is 2. The summed E-state index contributed by atoms with van der Waals surface area (Å²) < 4.78 is 18.7. The maximum atomic E-state index is 13.7. The zero-order valence-corrected chi connectivity index (χ0v) is 15.0. The van der Waals surface area contributed by atoms with E-state index in [0.717, 1.165) is 0 Å². The second-order valence-electron chi connectivity index (χ2n) is 5.63. The van der Waals surface area contributed by atoms with Gasteiger partial charge in [0.1, 0.15) is 5.82 Å². The molecule has 1 heterocycles. The lowest BCUT2D eigenvalue weighted by Gasteiger charge is -2.10. The molecule has 3 rings (SSSR count). The van der Waals surface area contributed by atoms with Crippen LogP contribution in [0.3, 0.4) is 0 Å². The van der Waals surface area contributed by atoms with Gasteiger partial charge in [-0.1, -0.05) is 24.3 Å². The van der Waals surface area contributed by atoms with E-state index in [0.29, 0.717) is 5.69 Å². The minimum Gasteiger partial charge on any atom is -0.462 e. The maximum Gasteiger partial charge on any atom is 0.340 e. The number of esters is 1. The zero-order chi connectivity index (χ0) is 19.9. The van der Waals surface area contributed by atoms with E-state index in [9.17, 15) is 14.0 Å². The Hall–Kier alpha value is -3.81. The summed E-state index contributed by atoms with van der Waals surface area (Å²) in [6, 6.07) is 15.6. The number of rotatable bonds is 6. The van der Waals surface area contributed by atoms with Crippen LogP contribution < -0.4 is 10.6 Å². The number of halogens is 1. The first-order chi connectivity index (χ1) is 13.6. The molecule has 3 aromatic rings. The highest BCUT2D eigenvalue weighted by Crippen LogP contribution is 2.19. The molecule has 1 aromatic heterocycles. The predicted molar refractivity (Wildman–Crippen MR) is 102 cm³/mol. The van der Waals surface area contributed by atoms with Crippen molar-refractivity contribution in [2.24, 2.45) is 0 Å². The van der Waals surface area contributed by atoms with Crippen LogP contribution in [0.1, 0.15) is 27.8 Å². The van der Waals surface area contributed by atoms with Gasteiger partial charge in [0.15, 0.2) is 11.5 Å². The largest absolute Gasteiger partial charge is 0.462 e. The number of carbonyl (C=O) groups excluding carboxylic acids is 2. The molecule has 0 spiro atoms. The number of hydrogen-bond donors (Lipinski definition) is 2. The van der Waals surface area contributed by atoms with Crippen molar-refractivity contribution < 1.29 is 18.7 Å². The number of ether oxygens (including phenoxy) is 1. The quantitative estimate of drug-likeness (QED) is 0.632. The van der Waals surface area contributed by atoms with E-state index in [2.05, 4.69) is 20.8 Å². The standard InChI is InChI=1S/C20H17FN4O3/c1-2-28-20(27)13-7-3-5-9-15(13)23-19(26)17-11-12-18(25-24-17)22-16-10-6-4-8-14(16)21/h3-12H,2H2,1H3,(H,22,25)(H,23,26). The number of anilines is 3. The monoisotopic (exact) mass is 380 g/mol. The maximum absolute atomic E-state index is 13.7. The van der Waals surface area contributed by atoms with Gasteiger partial charge in [-0.3, -0.25) is 4.79 Å². The van der Waals surface area contributed by atoms with Gasteiger partial charge in [0.25, 0.3) is 5.91 Å². The Balaban J connectivity index is 1.72. The van der Waals surface area contributed by atoms with Crippen LogP contribution >= 0.6 is 0 Å². The summed E-state index contributed by atoms with van der Waals surface area (Å²) in [6.07, 6.45) is 0. The summed E-state index contributed by atoms with van der Waals surface area (Å²) in [5.41, 5.74) is 0.833. The molecule has 1 amide bonds. The molecule has 8 heteroatoms. The van der Waals surface area contributed by atoms with Gasteiger partial charge in [0.2, 0.25) is 0 Å². The molecule has 0 atom stereocenters. The molecule has 142 valence electrons. The third-order valence-corrected chi connectivity index (χ3v) is 3.70. The van der Waals surface area contributed by atoms with Gasteiger partial charge in [-0.15, -0.1) is 10.2 Å². The zero-order valence-electron chi connectivity index (χ0n) is 15.0. The minimum absolute atomic E-state index is 0.0396. The van der Waals surface area contributed by atoms with Crippen LogP contribution in [0.4, 0.5) is 21.6 Å². The van der Waals surface area contributed by atoms with Gasteiger partial charge >= 0.3 is 5.97 Å². The van der Waals surface area contributed by atoms with Gasteiger partial charge in [0.05, 0.1) is 23.5 Å². The topological polar surface area (TPSA) is 93.2 Å². The number of hydrogen-bond acceptors (Lipinski definition) is 6. The van der Waals surface area contributed by atoms with E-state index in [4.69, 9.17) is 4.74 Å². The van der Waals surface area contributed by atoms with Crippen LogP contribution in [0.15, 0.2) is 60.7 Å². The molecule has 2 N–H and O–H groups in total. The Bertz CT molecular complexity index is 993. The third-order valence-electron chi connectivity index (χ3n) is 3.70. The highest BCUT2D eigenvalue weighted by molar-refractivity contribution is 6.07. The summed E-state index contributed by atoms with van der Waals surface area (Å²) in [5, 5.41) is 13.1. The Morgan fingerprint density at radius 3 is 2.36 bits per heavy atom. The molecule has 0 aliphatic heterocycles. The predicted octanol–water partition coefficient (Wildman–Crippen LogP) is 3.79. The lowest BCUT2D eigenvalue weighted by Crippen LogP contribution is -2.17. The lowest BCUT2D eigenvalue weighted by molar-refractivity contribution is 0.0527. The van der Waals surface area contributed by atoms with E-state index >= 15 is 0 Å². The summed E-state index contributed by atoms with van der Waals surface area (Å²) in [6.45, 7) is 1.93. The Morgan fingerprint density at radius 2 is 1.68 bits per heavy atom. The summed E-state index contributed by atoms with van der Waals surface area (Å²) in [5.74, 6) is -1.22. The average molecular weight is 380 g/mol. The second-order valence-corrected chi connectivity index (χ2v) is 5.63. The first-order valence-corrected chi connectivity index (χ1v) is 8.51. The fourth-order valence-corrected chi connectivity index (χ4v) is 2.39. The van der Waals surface area contributed by atoms with Gasteiger partial charge < -0.3 is 15.4 Å². The van der Waals surface area contributed by atoms with Crippen LogP contribution in [0.5, 0.6) is 0 Å². The van der Waals surface area contributed by atoms with Crippen LogP contribution in [0.2, 0.25) is 0 Å². The summed E-state index contributed by atoms with van der Waals surface area (Å²) in [7, 11) is 0. The normalized spacial score (nSPS) is 10.2. The first-order valence-electron chi connectivity index (χ1n) is 8.51. The third kappa shape index (κ3) is 4.47. The second kappa shape index (κ2) is 8.72. The van der Waals surface area contributed by atoms with Crippen molar-refractivity contribution in [2.75, 3.05) is 17.2 Å². The molecular formula is C20H17FN4O3. The van der Waals surface area contributed by atoms with Crippen molar-refractivity contribution >= 4 is 29.1 Å². The van der Waals surface area contributed by atoms with Gasteiger partial charge in [-0.25, -0.2) is 9.18 Å². The van der Waals surface area contributed by atoms with E-state index in [1.54, 1.807) is 49.4 Å². The molecule has 7 nitrogen and oxygen atoms in total. The fourth-order valence-electron chi connectivity index (χ4n) is 2.39. The first kappa shape index (κ1) is 19.0. The van der Waals surface area contributed by atoms with Crippen LogP contribution in [-0.4, -0.2) is 28.7 Å². The van der Waals surface area contributed by atoms with Crippen molar-refractivity contribution in [1.29, 1.82) is 0 Å². The van der Waals surface area contributed by atoms with E-state index < -0.39 is 17.7 Å². The number of para-hydroxylation sites is 2. The van der Waals surface area contributed by atoms with Crippen LogP contribution in [-0.2, 0) is 4.74 Å². The molecular weight excluding hydrogens is 363 g/mol. The van der Waals surface area contributed by atoms with Gasteiger partial charge in [0, 0.05) is 0 Å². The van der Waals surface area contributed by atoms with E-state index in [1.165, 1.54) is 18.2 Å². The SMILES string of the molecule is CCOC(=O)c1ccccc1NC(=O)c1ccc(Nc2ccccc2F)nn1. The average Bonchev–Trinajstić information content (AvgIpc) is 2.71. The number of aromatic nitrogens is 2. The molecule has 0 bridgehead atoms. The molecule has 0 radical (unpaired) electrons. The van der Waals surface area contributed by atoms with Gasteiger partial charge in [-0.05, 0) is 43.3 Å². The molecule has 0 saturated carbocycles. The smallest absolute Gasteiger partial charge is 0.340 e. The lowest BCUT2D eigenvalue weighted by atomic mass is 10.1. The summed E-state index contributed by atoms with van der Waals surface area (Å²) >= 11 is 0. The minimum atomic E-state index is -0.540. The van der Waals surface area contributed by atoms with Gasteiger partial charge in [-0.2, -0.15) is 0 Å². The van der Waals surface area contributed by atoms with Crippen molar-refractivity contribution in [2.45, 2.75) is 6.92 Å². The van der Waals surface area contributed by atoms with Crippen molar-refractivity contribution in [1.82, 2.24) is 10.2 Å². The van der Waals surface area contributed by atoms with Crippen LogP contribution in [0.25, 0.3) is 0 Å². The molecule has 0 saturated heterocycles. The molecule has 0 aliphatic rings. The number of nitrogens with zero attached hydrogens (tertiary/aromatic N) is 2. The Morgan fingerprint density at radius 1 is 0.964 bits per heavy atom. The summed E-state index contributed by atoms with van der Waals surface area (Å²) in [4.78, 5) is 24.4. The van der Waals surface area contributed by atoms with Crippen molar-refractivity contribution in [3.05, 3.63) is 77.7 Å². The van der Waals surface area contributed by atoms with Crippen LogP contribution in [0, 0.1) is 5.82 Å². The van der Waals surface area contributed by atoms with Crippen molar-refractivity contribution in [3.63, 3.8) is 0 Å². The molecule has 2 aromatic carbocycles. The highest BCUT2D eigenvalue weighted by atomic mass is 19.1. The molecule has 0 unspecified atom stereocenters. The number of benzene rings is 2. The number of amides is 1. The number of carbonyl (C=O) groups is 2. The highest BCUT2D eigenvalue weighted by Gasteiger charge is 2.16. The van der Waals surface area contributed by atoms with Crippen molar-refractivity contribution in [3.8, 4) is 0 Å². The Kier molecular flexibility index (Phi) is 5.91. The molecule has 0 fully saturated rings. The molecule has 0 aliphatic carbocycles.